The standard InChI is InChI=1S/C45H41N8O.Zn/c1-43(2,3)24-11-15-28-32(19-24)40-48-35-27-14-10-23(22-54)18-31(27)39(47-35)53-42-34-21-26(45(7,8)9)13-17-30(34)38(52-42)51-41-33-20-25(44(4,5)6)12-16-29(33)37(50-41)46-36(28)49-40;/h10-22H,1-9H3,(H-,46,47,48,49,50,51,52,53,54);/q-1;+2/p-1. The minimum absolute atomic E-state index is 0. The Kier molecular flexibility index (Phi) is 8.32. The summed E-state index contributed by atoms with van der Waals surface area (Å²) in [6.45, 7) is 19.7. The van der Waals surface area contributed by atoms with Gasteiger partial charge in [0, 0.05) is 50.4 Å². The SMILES string of the molecule is CC(C)(C)c1ccc2c(c1)-c1nc-2nc2[n-]c(nc3nc(nc4[n-]c(n1)c1ccc(C(C)(C)C)cc41)-c1cc(C=O)ccc1-3)c1cc(C(C)(C)C)ccc21.[Zn+2]. The largest absolute Gasteiger partial charge is 2.00 e. The van der Waals surface area contributed by atoms with Crippen LogP contribution in [0.25, 0.3) is 89.7 Å². The van der Waals surface area contributed by atoms with Gasteiger partial charge in [0.25, 0.3) is 0 Å². The summed E-state index contributed by atoms with van der Waals surface area (Å²) in [5.41, 5.74) is 8.86. The van der Waals surface area contributed by atoms with Gasteiger partial charge in [-0.2, -0.15) is 0 Å². The van der Waals surface area contributed by atoms with E-state index in [0.29, 0.717) is 57.0 Å². The van der Waals surface area contributed by atoms with Crippen LogP contribution < -0.4 is 9.97 Å². The van der Waals surface area contributed by atoms with Crippen LogP contribution in [0.1, 0.15) is 89.4 Å². The zero-order valence-corrected chi connectivity index (χ0v) is 35.7. The molecule has 9 nitrogen and oxygen atoms in total. The van der Waals surface area contributed by atoms with Gasteiger partial charge < -0.3 is 29.9 Å². The monoisotopic (exact) mass is 772 g/mol. The molecule has 0 saturated carbocycles. The first-order valence-electron chi connectivity index (χ1n) is 18.3. The molecule has 0 atom stereocenters. The third-order valence-corrected chi connectivity index (χ3v) is 10.5. The Balaban J connectivity index is 0.00000427. The Bertz CT molecular complexity index is 2920. The molecule has 10 heteroatoms. The Hall–Kier alpha value is -5.47. The maximum atomic E-state index is 12.0. The van der Waals surface area contributed by atoms with Gasteiger partial charge in [0.1, 0.15) is 6.29 Å². The molecule has 268 valence electrons. The molecule has 0 radical (unpaired) electrons. The average Bonchev–Trinajstić information content (AvgIpc) is 3.84. The van der Waals surface area contributed by atoms with Crippen LogP contribution >= 0.6 is 0 Å². The van der Waals surface area contributed by atoms with Gasteiger partial charge in [0.2, 0.25) is 0 Å². The van der Waals surface area contributed by atoms with Crippen molar-refractivity contribution in [1.82, 2.24) is 39.9 Å². The van der Waals surface area contributed by atoms with E-state index in [0.717, 1.165) is 61.2 Å². The van der Waals surface area contributed by atoms with E-state index in [1.807, 2.05) is 6.07 Å². The van der Waals surface area contributed by atoms with E-state index >= 15 is 0 Å². The van der Waals surface area contributed by atoms with E-state index in [-0.39, 0.29) is 35.7 Å². The normalized spacial score (nSPS) is 12.7. The van der Waals surface area contributed by atoms with Crippen LogP contribution in [0.2, 0.25) is 0 Å². The molecule has 0 unspecified atom stereocenters. The summed E-state index contributed by atoms with van der Waals surface area (Å²) in [6, 6.07) is 24.5. The first-order chi connectivity index (χ1) is 25.5. The molecule has 0 spiro atoms. The molecular formula is C45H40N8OZn. The van der Waals surface area contributed by atoms with Crippen molar-refractivity contribution in [3.05, 3.63) is 95.1 Å². The first kappa shape index (κ1) is 36.5. The molecule has 4 aromatic carbocycles. The number of aldehydes is 1. The van der Waals surface area contributed by atoms with Crippen LogP contribution in [0.5, 0.6) is 0 Å². The van der Waals surface area contributed by atoms with Crippen LogP contribution in [0.4, 0.5) is 0 Å². The van der Waals surface area contributed by atoms with Crippen molar-refractivity contribution in [3.8, 4) is 45.6 Å². The van der Waals surface area contributed by atoms with E-state index in [2.05, 4.69) is 117 Å². The van der Waals surface area contributed by atoms with Gasteiger partial charge in [-0.3, -0.25) is 4.79 Å². The fraction of sp³-hybridized carbons (Fsp3) is 0.267. The molecular weight excluding hydrogens is 734 g/mol. The summed E-state index contributed by atoms with van der Waals surface area (Å²) in [6.07, 6.45) is 0.829. The summed E-state index contributed by atoms with van der Waals surface area (Å²) < 4.78 is 0. The minimum atomic E-state index is -0.116. The van der Waals surface area contributed by atoms with E-state index in [1.165, 1.54) is 0 Å². The summed E-state index contributed by atoms with van der Waals surface area (Å²) >= 11 is 0. The topological polar surface area (TPSA) is 123 Å². The summed E-state index contributed by atoms with van der Waals surface area (Å²) in [5, 5.41) is 3.43. The number of benzene rings is 4. The number of fused-ring (bicyclic) bond motifs is 20. The summed E-state index contributed by atoms with van der Waals surface area (Å²) in [4.78, 5) is 52.8. The Morgan fingerprint density at radius 1 is 0.418 bits per heavy atom. The fourth-order valence-electron chi connectivity index (χ4n) is 7.15. The molecule has 0 aliphatic carbocycles. The van der Waals surface area contributed by atoms with E-state index in [1.54, 1.807) is 12.1 Å². The maximum Gasteiger partial charge on any atom is 2.00 e. The van der Waals surface area contributed by atoms with Crippen molar-refractivity contribution in [2.24, 2.45) is 0 Å². The van der Waals surface area contributed by atoms with Crippen molar-refractivity contribution in [1.29, 1.82) is 0 Å². The van der Waals surface area contributed by atoms with Gasteiger partial charge in [-0.15, -0.1) is 0 Å². The summed E-state index contributed by atoms with van der Waals surface area (Å²) in [5.74, 6) is 1.92. The number of aromatic nitrogens is 8. The molecule has 0 N–H and O–H groups in total. The zero-order valence-electron chi connectivity index (χ0n) is 32.7. The second-order valence-electron chi connectivity index (χ2n) is 17.4. The molecule has 0 fully saturated rings. The molecule has 5 heterocycles. The quantitative estimate of drug-likeness (QED) is 0.119. The van der Waals surface area contributed by atoms with Crippen molar-refractivity contribution in [2.45, 2.75) is 78.6 Å². The summed E-state index contributed by atoms with van der Waals surface area (Å²) in [7, 11) is 0. The third kappa shape index (κ3) is 6.17. The van der Waals surface area contributed by atoms with Crippen LogP contribution in [-0.2, 0) is 35.7 Å². The number of carbonyl (C=O) groups is 1. The Morgan fingerprint density at radius 2 is 0.782 bits per heavy atom. The Labute approximate surface area is 332 Å². The van der Waals surface area contributed by atoms with E-state index < -0.39 is 0 Å². The minimum Gasteiger partial charge on any atom is -0.357 e. The van der Waals surface area contributed by atoms with Crippen LogP contribution in [0, 0.1) is 0 Å². The maximum absolute atomic E-state index is 12.0. The number of nitrogens with zero attached hydrogens (tertiary/aromatic N) is 8. The first-order valence-corrected chi connectivity index (χ1v) is 18.3. The smallest absolute Gasteiger partial charge is 0.357 e. The number of hydrogen-bond donors (Lipinski definition) is 0. The molecule has 7 aromatic rings. The third-order valence-electron chi connectivity index (χ3n) is 10.5. The van der Waals surface area contributed by atoms with Crippen LogP contribution in [0.3, 0.4) is 0 Å². The number of rotatable bonds is 1. The van der Waals surface area contributed by atoms with Crippen molar-refractivity contribution in [2.75, 3.05) is 0 Å². The van der Waals surface area contributed by atoms with Gasteiger partial charge in [-0.25, -0.2) is 9.97 Å². The fourth-order valence-corrected chi connectivity index (χ4v) is 7.15. The molecule has 8 bridgehead atoms. The second-order valence-corrected chi connectivity index (χ2v) is 17.4. The average molecular weight is 774 g/mol. The molecule has 2 aliphatic rings. The van der Waals surface area contributed by atoms with Crippen LogP contribution in [-0.4, -0.2) is 36.2 Å². The number of hydrogen-bond acceptors (Lipinski definition) is 7. The Morgan fingerprint density at radius 3 is 1.22 bits per heavy atom. The molecule has 3 aromatic heterocycles. The van der Waals surface area contributed by atoms with Gasteiger partial charge in [-0.1, -0.05) is 111 Å². The molecule has 55 heavy (non-hydrogen) atoms. The molecule has 9 rings (SSSR count). The predicted octanol–water partition coefficient (Wildman–Crippen LogP) is 9.83. The number of carbonyl (C=O) groups excluding carboxylic acids is 1. The van der Waals surface area contributed by atoms with Gasteiger partial charge in [0.05, 0.1) is 23.3 Å². The van der Waals surface area contributed by atoms with Crippen molar-refractivity contribution < 1.29 is 24.3 Å². The zero-order chi connectivity index (χ0) is 37.9. The molecule has 0 saturated heterocycles. The molecule has 2 aliphatic heterocycles. The van der Waals surface area contributed by atoms with Gasteiger partial charge >= 0.3 is 19.5 Å². The van der Waals surface area contributed by atoms with Crippen LogP contribution in [0.15, 0.2) is 72.8 Å². The van der Waals surface area contributed by atoms with Crippen molar-refractivity contribution in [3.63, 3.8) is 0 Å². The van der Waals surface area contributed by atoms with Crippen molar-refractivity contribution >= 4 is 50.4 Å². The predicted molar refractivity (Wildman–Crippen MR) is 215 cm³/mol. The van der Waals surface area contributed by atoms with Gasteiger partial charge in [-0.05, 0) is 78.7 Å². The van der Waals surface area contributed by atoms with Gasteiger partial charge in [0.15, 0.2) is 0 Å². The molecule has 0 amide bonds. The second kappa shape index (κ2) is 12.5. The van der Waals surface area contributed by atoms with E-state index in [4.69, 9.17) is 39.9 Å². The van der Waals surface area contributed by atoms with E-state index in [9.17, 15) is 4.79 Å².